The average Bonchev–Trinajstić information content (AvgIpc) is 3.16. The van der Waals surface area contributed by atoms with Crippen LogP contribution >= 0.6 is 0 Å². The number of amides is 1. The molecule has 11 nitrogen and oxygen atoms in total. The monoisotopic (exact) mass is 710 g/mol. The Bertz CT molecular complexity index is 1350. The van der Waals surface area contributed by atoms with E-state index in [1.165, 1.54) is 90.0 Å². The molecule has 2 aromatic rings. The molecule has 0 aliphatic carbocycles. The highest BCUT2D eigenvalue weighted by Crippen LogP contribution is 2.28. The Labute approximate surface area is 303 Å². The van der Waals surface area contributed by atoms with Crippen molar-refractivity contribution in [2.45, 2.75) is 141 Å². The minimum absolute atomic E-state index is 0.0185. The molecule has 1 aliphatic heterocycles. The Balaban J connectivity index is 1.52. The molecule has 0 saturated carbocycles. The number of rotatable bonds is 22. The number of pyridine rings is 1. The third-order valence-electron chi connectivity index (χ3n) is 9.32. The van der Waals surface area contributed by atoms with Crippen LogP contribution in [0.1, 0.15) is 133 Å². The van der Waals surface area contributed by atoms with Gasteiger partial charge in [-0.2, -0.15) is 0 Å². The van der Waals surface area contributed by atoms with Crippen LogP contribution in [0.25, 0.3) is 0 Å². The van der Waals surface area contributed by atoms with Gasteiger partial charge in [-0.1, -0.05) is 127 Å². The van der Waals surface area contributed by atoms with Gasteiger partial charge in [0.2, 0.25) is 0 Å². The highest BCUT2D eigenvalue weighted by molar-refractivity contribution is 5.98. The third-order valence-corrected chi connectivity index (χ3v) is 9.32. The van der Waals surface area contributed by atoms with Crippen LogP contribution in [0, 0.1) is 5.92 Å². The van der Waals surface area contributed by atoms with E-state index in [0.717, 1.165) is 24.8 Å². The zero-order valence-electron chi connectivity index (χ0n) is 30.7. The summed E-state index contributed by atoms with van der Waals surface area (Å²) in [7, 11) is 1.32. The largest absolute Gasteiger partial charge is 0.503 e. The van der Waals surface area contributed by atoms with Gasteiger partial charge in [0, 0.05) is 18.7 Å². The summed E-state index contributed by atoms with van der Waals surface area (Å²) in [6.45, 7) is 3.26. The molecule has 1 fully saturated rings. The predicted octanol–water partition coefficient (Wildman–Crippen LogP) is 7.41. The minimum atomic E-state index is -1.41. The van der Waals surface area contributed by atoms with Crippen LogP contribution in [-0.4, -0.2) is 65.9 Å². The summed E-state index contributed by atoms with van der Waals surface area (Å²) in [5, 5.41) is 12.8. The molecule has 2 heterocycles. The molecule has 0 bridgehead atoms. The summed E-state index contributed by atoms with van der Waals surface area (Å²) in [6, 6.07) is 9.19. The van der Waals surface area contributed by atoms with E-state index in [-0.39, 0.29) is 24.3 Å². The Morgan fingerprint density at radius 1 is 0.863 bits per heavy atom. The van der Waals surface area contributed by atoms with Gasteiger partial charge >= 0.3 is 17.9 Å². The number of esters is 3. The van der Waals surface area contributed by atoms with Crippen LogP contribution in [-0.2, 0) is 35.0 Å². The normalized spacial score (nSPS) is 19.2. The van der Waals surface area contributed by atoms with E-state index in [2.05, 4.69) is 17.2 Å². The fourth-order valence-electron chi connectivity index (χ4n) is 6.33. The molecule has 1 aromatic heterocycles. The fourth-order valence-corrected chi connectivity index (χ4v) is 6.33. The van der Waals surface area contributed by atoms with Crippen LogP contribution < -0.4 is 10.1 Å². The van der Waals surface area contributed by atoms with E-state index in [9.17, 15) is 24.3 Å². The molecule has 1 saturated heterocycles. The second-order valence-corrected chi connectivity index (χ2v) is 13.5. The number of carbonyl (C=O) groups excluding carboxylic acids is 4. The zero-order valence-corrected chi connectivity index (χ0v) is 30.7. The lowest BCUT2D eigenvalue weighted by Crippen LogP contribution is -2.46. The van der Waals surface area contributed by atoms with Crippen molar-refractivity contribution >= 4 is 23.8 Å². The Hall–Kier alpha value is -4.15. The van der Waals surface area contributed by atoms with Crippen molar-refractivity contribution in [1.29, 1.82) is 0 Å². The molecule has 282 valence electrons. The predicted molar refractivity (Wildman–Crippen MR) is 193 cm³/mol. The lowest BCUT2D eigenvalue weighted by molar-refractivity contribution is -0.174. The summed E-state index contributed by atoms with van der Waals surface area (Å²) < 4.78 is 22.1. The van der Waals surface area contributed by atoms with Crippen molar-refractivity contribution in [3.05, 3.63) is 53.9 Å². The lowest BCUT2D eigenvalue weighted by atomic mass is 9.91. The summed E-state index contributed by atoms with van der Waals surface area (Å²) >= 11 is 0. The number of unbranched alkanes of at least 4 members (excludes halogenated alkanes) is 14. The maximum Gasteiger partial charge on any atom is 0.332 e. The van der Waals surface area contributed by atoms with Crippen molar-refractivity contribution in [2.24, 2.45) is 5.92 Å². The van der Waals surface area contributed by atoms with E-state index < -0.39 is 60.3 Å². The van der Waals surface area contributed by atoms with Gasteiger partial charge in [0.05, 0.1) is 7.11 Å². The van der Waals surface area contributed by atoms with Crippen molar-refractivity contribution in [3.8, 4) is 11.5 Å². The first-order valence-corrected chi connectivity index (χ1v) is 18.9. The van der Waals surface area contributed by atoms with E-state index in [1.807, 2.05) is 30.3 Å². The van der Waals surface area contributed by atoms with Crippen molar-refractivity contribution in [3.63, 3.8) is 0 Å². The molecule has 1 amide bonds. The van der Waals surface area contributed by atoms with Gasteiger partial charge in [0.15, 0.2) is 29.3 Å². The molecule has 1 aromatic carbocycles. The summed E-state index contributed by atoms with van der Waals surface area (Å²) in [5.41, 5.74) is 0.430. The molecule has 4 unspecified atom stereocenters. The number of ether oxygens (including phenoxy) is 4. The van der Waals surface area contributed by atoms with Gasteiger partial charge in [0.1, 0.15) is 18.6 Å². The minimum Gasteiger partial charge on any atom is -0.503 e. The lowest BCUT2D eigenvalue weighted by Gasteiger charge is -2.29. The summed E-state index contributed by atoms with van der Waals surface area (Å²) in [5.74, 6) is -4.44. The third kappa shape index (κ3) is 14.5. The molecular formula is C40H58N2O9. The van der Waals surface area contributed by atoms with Crippen molar-refractivity contribution in [2.75, 3.05) is 13.7 Å². The second-order valence-electron chi connectivity index (χ2n) is 13.5. The first kappa shape index (κ1) is 41.3. The highest BCUT2D eigenvalue weighted by atomic mass is 16.6. The van der Waals surface area contributed by atoms with Gasteiger partial charge < -0.3 is 29.4 Å². The summed E-state index contributed by atoms with van der Waals surface area (Å²) in [4.78, 5) is 56.8. The SMILES string of the molecule is CCCCCCCCCCCCCCCCCC(=O)OC1C(C)OC(=O)C(NC(=O)c2nccc(OC)c2O)COC(=O)C1Cc1ccccc1. The van der Waals surface area contributed by atoms with Gasteiger partial charge in [-0.05, 0) is 25.3 Å². The number of benzene rings is 1. The number of aromatic hydroxyl groups is 1. The van der Waals surface area contributed by atoms with Crippen LogP contribution in [0.15, 0.2) is 42.6 Å². The number of hydrogen-bond donors (Lipinski definition) is 2. The van der Waals surface area contributed by atoms with Crippen molar-refractivity contribution < 1.29 is 43.2 Å². The van der Waals surface area contributed by atoms with Gasteiger partial charge in [-0.25, -0.2) is 9.78 Å². The van der Waals surface area contributed by atoms with Gasteiger partial charge in [-0.3, -0.25) is 14.4 Å². The number of nitrogens with one attached hydrogen (secondary N) is 1. The number of carbonyl (C=O) groups is 4. The molecule has 11 heteroatoms. The molecule has 1 aliphatic rings. The Kier molecular flexibility index (Phi) is 18.9. The second kappa shape index (κ2) is 23.3. The van der Waals surface area contributed by atoms with E-state index in [0.29, 0.717) is 6.42 Å². The molecule has 3 rings (SSSR count). The maximum atomic E-state index is 13.6. The van der Waals surface area contributed by atoms with Gasteiger partial charge in [-0.15, -0.1) is 0 Å². The van der Waals surface area contributed by atoms with Crippen LogP contribution in [0.2, 0.25) is 0 Å². The van der Waals surface area contributed by atoms with Gasteiger partial charge in [0.25, 0.3) is 5.91 Å². The van der Waals surface area contributed by atoms with Crippen LogP contribution in [0.5, 0.6) is 11.5 Å². The molecule has 4 atom stereocenters. The first-order chi connectivity index (χ1) is 24.7. The molecule has 0 radical (unpaired) electrons. The zero-order chi connectivity index (χ0) is 36.8. The number of methoxy groups -OCH3 is 1. The van der Waals surface area contributed by atoms with Crippen LogP contribution in [0.4, 0.5) is 0 Å². The first-order valence-electron chi connectivity index (χ1n) is 18.9. The Morgan fingerprint density at radius 2 is 1.45 bits per heavy atom. The Morgan fingerprint density at radius 3 is 2.04 bits per heavy atom. The molecule has 2 N–H and O–H groups in total. The number of hydrogen-bond acceptors (Lipinski definition) is 10. The average molecular weight is 711 g/mol. The van der Waals surface area contributed by atoms with E-state index in [1.54, 1.807) is 6.92 Å². The standard InChI is InChI=1S/C40H58N2O9/c1-4-5-6-7-8-9-10-11-12-13-14-15-16-17-21-24-34(43)51-37-29(2)50-40(47)32(42-38(45)35-36(44)33(48-3)25-26-41-35)28-49-39(46)31(37)27-30-22-19-18-20-23-30/h18-20,22-23,25-26,29,31-32,37,44H,4-17,21,24,27-28H2,1-3H3,(H,42,45). The molecule has 51 heavy (non-hydrogen) atoms. The van der Waals surface area contributed by atoms with Crippen LogP contribution in [0.3, 0.4) is 0 Å². The number of aromatic nitrogens is 1. The molecular weight excluding hydrogens is 652 g/mol. The van der Waals surface area contributed by atoms with Crippen molar-refractivity contribution in [1.82, 2.24) is 10.3 Å². The topological polar surface area (TPSA) is 150 Å². The van der Waals surface area contributed by atoms with E-state index in [4.69, 9.17) is 18.9 Å². The van der Waals surface area contributed by atoms with E-state index >= 15 is 0 Å². The highest BCUT2D eigenvalue weighted by Gasteiger charge is 2.42. The quantitative estimate of drug-likeness (QED) is 0.0718. The fraction of sp³-hybridized carbons (Fsp3) is 0.625. The maximum absolute atomic E-state index is 13.6. The molecule has 0 spiro atoms. The number of cyclic esters (lactones) is 2. The summed E-state index contributed by atoms with van der Waals surface area (Å²) in [6.07, 6.45) is 17.7. The number of nitrogens with zero attached hydrogens (tertiary/aromatic N) is 1. The smallest absolute Gasteiger partial charge is 0.332 e.